The number of rotatable bonds is 5. The topological polar surface area (TPSA) is 66.8 Å². The fourth-order valence-corrected chi connectivity index (χ4v) is 6.01. The number of aromatic nitrogens is 1. The van der Waals surface area contributed by atoms with Crippen molar-refractivity contribution in [2.24, 2.45) is 0 Å². The Morgan fingerprint density at radius 3 is 2.58 bits per heavy atom. The van der Waals surface area contributed by atoms with E-state index in [2.05, 4.69) is 21.2 Å². The van der Waals surface area contributed by atoms with Gasteiger partial charge in [0.05, 0.1) is 16.5 Å². The Labute approximate surface area is 183 Å². The largest absolute Gasteiger partial charge is 0.380 e. The summed E-state index contributed by atoms with van der Waals surface area (Å²) in [7, 11) is -1.99. The summed E-state index contributed by atoms with van der Waals surface area (Å²) in [5.74, 6) is 0. The highest BCUT2D eigenvalue weighted by atomic mass is 32.2. The Morgan fingerprint density at radius 1 is 1.00 bits per heavy atom. The molecule has 164 valence electrons. The molecule has 0 saturated carbocycles. The molecule has 3 aromatic rings. The molecule has 1 aromatic heterocycles. The number of benzene rings is 2. The Bertz CT molecular complexity index is 1180. The minimum atomic E-state index is -3.71. The van der Waals surface area contributed by atoms with E-state index in [1.54, 1.807) is 25.4 Å². The summed E-state index contributed by atoms with van der Waals surface area (Å²) in [5.41, 5.74) is 2.71. The fourth-order valence-electron chi connectivity index (χ4n) is 4.63. The third-order valence-corrected chi connectivity index (χ3v) is 8.04. The molecule has 0 amide bonds. The molecule has 1 atom stereocenters. The van der Waals surface area contributed by atoms with Crippen LogP contribution < -0.4 is 15.1 Å². The molecule has 0 aliphatic carbocycles. The summed E-state index contributed by atoms with van der Waals surface area (Å²) in [6.07, 6.45) is 2.82. The summed E-state index contributed by atoms with van der Waals surface area (Å²) in [5, 5.41) is 4.33. The fraction of sp³-hybridized carbons (Fsp3) is 0.391. The van der Waals surface area contributed by atoms with Crippen LogP contribution in [-0.2, 0) is 14.8 Å². The average Bonchev–Trinajstić information content (AvgIpc) is 3.47. The van der Waals surface area contributed by atoms with Crippen LogP contribution >= 0.6 is 0 Å². The van der Waals surface area contributed by atoms with Gasteiger partial charge in [-0.2, -0.15) is 0 Å². The predicted octanol–water partition coefficient (Wildman–Crippen LogP) is 2.51. The SMILES string of the molecule is CO[C@H]1CCN(c2cccc(S(=O)(=O)n3ccc4c(N5CCNCC5)cccc43)c2)C1. The molecule has 2 saturated heterocycles. The summed E-state index contributed by atoms with van der Waals surface area (Å²) >= 11 is 0. The molecular formula is C23H28N4O3S. The zero-order valence-electron chi connectivity index (χ0n) is 17.7. The van der Waals surface area contributed by atoms with E-state index in [0.29, 0.717) is 10.4 Å². The lowest BCUT2D eigenvalue weighted by Gasteiger charge is -2.30. The normalized spacial score (nSPS) is 20.0. The Balaban J connectivity index is 1.51. The Hall–Kier alpha value is -2.55. The number of methoxy groups -OCH3 is 1. The van der Waals surface area contributed by atoms with Crippen molar-refractivity contribution < 1.29 is 13.2 Å². The molecule has 8 heteroatoms. The van der Waals surface area contributed by atoms with Gasteiger partial charge in [-0.1, -0.05) is 12.1 Å². The summed E-state index contributed by atoms with van der Waals surface area (Å²) in [6, 6.07) is 15.0. The number of ether oxygens (including phenoxy) is 1. The quantitative estimate of drug-likeness (QED) is 0.658. The molecule has 0 radical (unpaired) electrons. The predicted molar refractivity (Wildman–Crippen MR) is 124 cm³/mol. The number of nitrogens with zero attached hydrogens (tertiary/aromatic N) is 3. The highest BCUT2D eigenvalue weighted by molar-refractivity contribution is 7.90. The molecule has 0 unspecified atom stereocenters. The number of piperazine rings is 1. The van der Waals surface area contributed by atoms with Crippen molar-refractivity contribution in [3.05, 3.63) is 54.7 Å². The van der Waals surface area contributed by atoms with Crippen LogP contribution in [0.4, 0.5) is 11.4 Å². The molecule has 2 aliphatic heterocycles. The lowest BCUT2D eigenvalue weighted by molar-refractivity contribution is 0.121. The van der Waals surface area contributed by atoms with Crippen molar-refractivity contribution in [3.8, 4) is 0 Å². The minimum absolute atomic E-state index is 0.192. The zero-order valence-corrected chi connectivity index (χ0v) is 18.5. The molecule has 7 nitrogen and oxygen atoms in total. The summed E-state index contributed by atoms with van der Waals surface area (Å²) in [6.45, 7) is 5.34. The minimum Gasteiger partial charge on any atom is -0.380 e. The van der Waals surface area contributed by atoms with Crippen LogP contribution in [0.1, 0.15) is 6.42 Å². The standard InChI is InChI=1S/C23H28N4O3S/c1-30-19-8-12-26(17-19)18-4-2-5-20(16-18)31(28,29)27-13-9-21-22(6-3-7-23(21)27)25-14-10-24-11-15-25/h2-7,9,13,16,19,24H,8,10-12,14-15,17H2,1H3/t19-/m0/s1. The third kappa shape index (κ3) is 3.69. The van der Waals surface area contributed by atoms with Crippen molar-refractivity contribution in [1.29, 1.82) is 0 Å². The molecule has 2 fully saturated rings. The van der Waals surface area contributed by atoms with E-state index in [-0.39, 0.29) is 6.10 Å². The van der Waals surface area contributed by atoms with Crippen LogP contribution in [0, 0.1) is 0 Å². The van der Waals surface area contributed by atoms with Gasteiger partial charge in [0.15, 0.2) is 0 Å². The van der Waals surface area contributed by atoms with E-state index in [0.717, 1.165) is 62.5 Å². The zero-order chi connectivity index (χ0) is 21.4. The highest BCUT2D eigenvalue weighted by Gasteiger charge is 2.25. The molecule has 5 rings (SSSR count). The van der Waals surface area contributed by atoms with Gasteiger partial charge in [-0.25, -0.2) is 12.4 Å². The molecule has 0 spiro atoms. The maximum absolute atomic E-state index is 13.6. The maximum Gasteiger partial charge on any atom is 0.268 e. The lowest BCUT2D eigenvalue weighted by atomic mass is 10.2. The van der Waals surface area contributed by atoms with Crippen LogP contribution in [0.5, 0.6) is 0 Å². The third-order valence-electron chi connectivity index (χ3n) is 6.35. The number of hydrogen-bond donors (Lipinski definition) is 1. The van der Waals surface area contributed by atoms with Crippen LogP contribution in [0.3, 0.4) is 0 Å². The van der Waals surface area contributed by atoms with Gasteiger partial charge in [0, 0.05) is 69.3 Å². The summed E-state index contributed by atoms with van der Waals surface area (Å²) < 4.78 is 34.0. The van der Waals surface area contributed by atoms with Gasteiger partial charge >= 0.3 is 0 Å². The van der Waals surface area contributed by atoms with Gasteiger partial charge in [-0.3, -0.25) is 0 Å². The van der Waals surface area contributed by atoms with Gasteiger partial charge < -0.3 is 19.9 Å². The van der Waals surface area contributed by atoms with Gasteiger partial charge in [0.2, 0.25) is 0 Å². The van der Waals surface area contributed by atoms with E-state index in [1.807, 2.05) is 30.3 Å². The number of fused-ring (bicyclic) bond motifs is 1. The second-order valence-electron chi connectivity index (χ2n) is 8.15. The highest BCUT2D eigenvalue weighted by Crippen LogP contribution is 2.31. The van der Waals surface area contributed by atoms with Gasteiger partial charge in [-0.05, 0) is 42.8 Å². The van der Waals surface area contributed by atoms with E-state index >= 15 is 0 Å². The van der Waals surface area contributed by atoms with Crippen LogP contribution in [0.25, 0.3) is 10.9 Å². The van der Waals surface area contributed by atoms with Crippen molar-refractivity contribution in [1.82, 2.24) is 9.29 Å². The van der Waals surface area contributed by atoms with Gasteiger partial charge in [-0.15, -0.1) is 0 Å². The smallest absolute Gasteiger partial charge is 0.268 e. The molecule has 0 bridgehead atoms. The number of hydrogen-bond acceptors (Lipinski definition) is 6. The number of nitrogens with one attached hydrogen (secondary N) is 1. The van der Waals surface area contributed by atoms with Crippen molar-refractivity contribution in [2.45, 2.75) is 17.4 Å². The molecular weight excluding hydrogens is 412 g/mol. The first-order valence-electron chi connectivity index (χ1n) is 10.8. The molecule has 2 aliphatic rings. The number of anilines is 2. The van der Waals surface area contributed by atoms with Crippen molar-refractivity contribution in [3.63, 3.8) is 0 Å². The van der Waals surface area contributed by atoms with Crippen molar-refractivity contribution in [2.75, 3.05) is 56.2 Å². The molecule has 3 heterocycles. The first-order chi connectivity index (χ1) is 15.1. The first-order valence-corrected chi connectivity index (χ1v) is 12.2. The first kappa shape index (κ1) is 20.4. The van der Waals surface area contributed by atoms with E-state index in [4.69, 9.17) is 4.74 Å². The molecule has 1 N–H and O–H groups in total. The van der Waals surface area contributed by atoms with E-state index in [1.165, 1.54) is 3.97 Å². The van der Waals surface area contributed by atoms with Crippen LogP contribution in [0.15, 0.2) is 59.6 Å². The van der Waals surface area contributed by atoms with Crippen molar-refractivity contribution >= 4 is 32.3 Å². The second-order valence-corrected chi connectivity index (χ2v) is 9.97. The van der Waals surface area contributed by atoms with Crippen LogP contribution in [-0.4, -0.2) is 64.9 Å². The molecule has 31 heavy (non-hydrogen) atoms. The monoisotopic (exact) mass is 440 g/mol. The summed E-state index contributed by atoms with van der Waals surface area (Å²) in [4.78, 5) is 4.80. The Morgan fingerprint density at radius 2 is 1.81 bits per heavy atom. The van der Waals surface area contributed by atoms with E-state index in [9.17, 15) is 8.42 Å². The maximum atomic E-state index is 13.6. The average molecular weight is 441 g/mol. The van der Waals surface area contributed by atoms with Gasteiger partial charge in [0.1, 0.15) is 0 Å². The van der Waals surface area contributed by atoms with E-state index < -0.39 is 10.0 Å². The Kier molecular flexibility index (Phi) is 5.37. The van der Waals surface area contributed by atoms with Crippen LogP contribution in [0.2, 0.25) is 0 Å². The lowest BCUT2D eigenvalue weighted by Crippen LogP contribution is -2.43. The van der Waals surface area contributed by atoms with Gasteiger partial charge in [0.25, 0.3) is 10.0 Å². The second kappa shape index (κ2) is 8.18. The molecule has 2 aromatic carbocycles.